The maximum absolute atomic E-state index is 2.28. The van der Waals surface area contributed by atoms with Crippen LogP contribution in [-0.4, -0.2) is 0 Å². The van der Waals surface area contributed by atoms with E-state index in [0.717, 1.165) is 0 Å². The Morgan fingerprint density at radius 2 is 1.36 bits per heavy atom. The van der Waals surface area contributed by atoms with Crippen LogP contribution >= 0.6 is 0 Å². The standard InChI is InChI=1S/C23H22N2/c1-17-19-10-5-4-9-18(19)14-15-20(17)21-12-8-13-23(25(21)3)22-11-6-7-16-24(22)2/h4-16H,1-3H3/q+2. The van der Waals surface area contributed by atoms with Crippen molar-refractivity contribution in [2.45, 2.75) is 6.92 Å². The number of aryl methyl sites for hydroxylation is 2. The van der Waals surface area contributed by atoms with Crippen molar-refractivity contribution < 1.29 is 9.13 Å². The van der Waals surface area contributed by atoms with Gasteiger partial charge in [-0.15, -0.1) is 0 Å². The Balaban J connectivity index is 1.95. The minimum absolute atomic E-state index is 1.20. The van der Waals surface area contributed by atoms with Crippen molar-refractivity contribution in [2.75, 3.05) is 0 Å². The van der Waals surface area contributed by atoms with E-state index < -0.39 is 0 Å². The first kappa shape index (κ1) is 15.5. The molecule has 0 saturated heterocycles. The Morgan fingerprint density at radius 1 is 0.640 bits per heavy atom. The molecule has 0 saturated carbocycles. The quantitative estimate of drug-likeness (QED) is 0.489. The van der Waals surface area contributed by atoms with Gasteiger partial charge in [-0.3, -0.25) is 0 Å². The molecule has 2 aromatic heterocycles. The second-order valence-electron chi connectivity index (χ2n) is 6.51. The first-order valence-electron chi connectivity index (χ1n) is 8.59. The molecule has 2 nitrogen and oxygen atoms in total. The molecule has 4 aromatic rings. The van der Waals surface area contributed by atoms with Crippen LogP contribution in [0.15, 0.2) is 79.0 Å². The van der Waals surface area contributed by atoms with Crippen molar-refractivity contribution in [2.24, 2.45) is 14.1 Å². The smallest absolute Gasteiger partial charge is 0.196 e. The van der Waals surface area contributed by atoms with E-state index in [-0.39, 0.29) is 0 Å². The third-order valence-corrected chi connectivity index (χ3v) is 5.02. The predicted molar refractivity (Wildman–Crippen MR) is 102 cm³/mol. The van der Waals surface area contributed by atoms with E-state index in [0.29, 0.717) is 0 Å². The van der Waals surface area contributed by atoms with Crippen LogP contribution in [0.3, 0.4) is 0 Å². The summed E-state index contributed by atoms with van der Waals surface area (Å²) in [6.07, 6.45) is 2.09. The van der Waals surface area contributed by atoms with Gasteiger partial charge >= 0.3 is 0 Å². The van der Waals surface area contributed by atoms with Crippen LogP contribution in [0.5, 0.6) is 0 Å². The molecule has 122 valence electrons. The fraction of sp³-hybridized carbons (Fsp3) is 0.130. The second-order valence-corrected chi connectivity index (χ2v) is 6.51. The summed E-state index contributed by atoms with van der Waals surface area (Å²) in [4.78, 5) is 0. The Kier molecular flexibility index (Phi) is 3.81. The van der Waals surface area contributed by atoms with Crippen molar-refractivity contribution in [3.63, 3.8) is 0 Å². The Labute approximate surface area is 148 Å². The molecule has 0 atom stereocenters. The van der Waals surface area contributed by atoms with Crippen LogP contribution in [0.25, 0.3) is 33.4 Å². The van der Waals surface area contributed by atoms with Gasteiger partial charge in [0.1, 0.15) is 14.1 Å². The summed E-state index contributed by atoms with van der Waals surface area (Å²) in [7, 11) is 4.23. The van der Waals surface area contributed by atoms with Gasteiger partial charge in [0.2, 0.25) is 5.69 Å². The van der Waals surface area contributed by atoms with Gasteiger partial charge in [0.25, 0.3) is 11.4 Å². The van der Waals surface area contributed by atoms with Gasteiger partial charge in [-0.1, -0.05) is 30.3 Å². The van der Waals surface area contributed by atoms with E-state index in [4.69, 9.17) is 0 Å². The highest BCUT2D eigenvalue weighted by atomic mass is 15.0. The van der Waals surface area contributed by atoms with Crippen LogP contribution in [0.2, 0.25) is 0 Å². The normalized spacial score (nSPS) is 11.0. The largest absolute Gasteiger partial charge is 0.277 e. The molecule has 2 heterocycles. The first-order valence-corrected chi connectivity index (χ1v) is 8.59. The second kappa shape index (κ2) is 6.14. The fourth-order valence-corrected chi connectivity index (χ4v) is 3.61. The summed E-state index contributed by atoms with van der Waals surface area (Å²) in [5, 5.41) is 2.60. The molecule has 2 aromatic carbocycles. The third kappa shape index (κ3) is 2.60. The minimum atomic E-state index is 1.20. The lowest BCUT2D eigenvalue weighted by Gasteiger charge is -2.09. The van der Waals surface area contributed by atoms with Crippen molar-refractivity contribution in [1.29, 1.82) is 0 Å². The van der Waals surface area contributed by atoms with E-state index in [2.05, 4.69) is 109 Å². The number of rotatable bonds is 2. The summed E-state index contributed by atoms with van der Waals surface area (Å²) in [6, 6.07) is 25.9. The van der Waals surface area contributed by atoms with Gasteiger partial charge in [-0.2, -0.15) is 9.13 Å². The monoisotopic (exact) mass is 326 g/mol. The summed E-state index contributed by atoms with van der Waals surface area (Å²) < 4.78 is 4.44. The first-order chi connectivity index (χ1) is 12.2. The number of aromatic nitrogens is 2. The summed E-state index contributed by atoms with van der Waals surface area (Å²) >= 11 is 0. The maximum atomic E-state index is 2.28. The van der Waals surface area contributed by atoms with Gasteiger partial charge < -0.3 is 0 Å². The van der Waals surface area contributed by atoms with Gasteiger partial charge in [-0.25, -0.2) is 0 Å². The zero-order chi connectivity index (χ0) is 17.4. The lowest BCUT2D eigenvalue weighted by Crippen LogP contribution is -2.39. The fourth-order valence-electron chi connectivity index (χ4n) is 3.61. The van der Waals surface area contributed by atoms with E-state index in [1.807, 2.05) is 0 Å². The van der Waals surface area contributed by atoms with Crippen LogP contribution < -0.4 is 9.13 Å². The highest BCUT2D eigenvalue weighted by Crippen LogP contribution is 2.28. The van der Waals surface area contributed by atoms with Crippen molar-refractivity contribution >= 4 is 10.8 Å². The highest BCUT2D eigenvalue weighted by Gasteiger charge is 2.23. The van der Waals surface area contributed by atoms with E-state index in [1.165, 1.54) is 39.0 Å². The van der Waals surface area contributed by atoms with Crippen molar-refractivity contribution in [1.82, 2.24) is 0 Å². The summed E-state index contributed by atoms with van der Waals surface area (Å²) in [5.41, 5.74) is 6.23. The summed E-state index contributed by atoms with van der Waals surface area (Å²) in [5.74, 6) is 0. The molecule has 25 heavy (non-hydrogen) atoms. The van der Waals surface area contributed by atoms with Crippen LogP contribution in [-0.2, 0) is 14.1 Å². The topological polar surface area (TPSA) is 7.76 Å². The SMILES string of the molecule is Cc1c(-c2cccc(-c3cccc[n+]3C)[n+]2C)ccc2ccccc12. The molecule has 0 radical (unpaired) electrons. The molecule has 0 amide bonds. The molecule has 4 rings (SSSR count). The minimum Gasteiger partial charge on any atom is -0.196 e. The average molecular weight is 326 g/mol. The van der Waals surface area contributed by atoms with E-state index in [9.17, 15) is 0 Å². The molecule has 2 heteroatoms. The molecule has 0 aliphatic carbocycles. The number of nitrogens with zero attached hydrogens (tertiary/aromatic N) is 2. The summed E-state index contributed by atoms with van der Waals surface area (Å²) in [6.45, 7) is 2.22. The molecule has 0 N–H and O–H groups in total. The van der Waals surface area contributed by atoms with Crippen LogP contribution in [0.1, 0.15) is 5.56 Å². The molecule has 0 fully saturated rings. The number of hydrogen-bond donors (Lipinski definition) is 0. The van der Waals surface area contributed by atoms with Crippen LogP contribution in [0.4, 0.5) is 0 Å². The maximum Gasteiger partial charge on any atom is 0.277 e. The highest BCUT2D eigenvalue weighted by molar-refractivity contribution is 5.90. The zero-order valence-electron chi connectivity index (χ0n) is 14.9. The molecule has 0 bridgehead atoms. The molecule has 0 spiro atoms. The predicted octanol–water partition coefficient (Wildman–Crippen LogP) is 4.13. The average Bonchev–Trinajstić information content (AvgIpc) is 2.64. The van der Waals surface area contributed by atoms with Crippen molar-refractivity contribution in [3.05, 3.63) is 84.6 Å². The van der Waals surface area contributed by atoms with Gasteiger partial charge in [0.05, 0.1) is 0 Å². The van der Waals surface area contributed by atoms with Crippen LogP contribution in [0, 0.1) is 6.92 Å². The van der Waals surface area contributed by atoms with Gasteiger partial charge in [-0.05, 0) is 41.5 Å². The number of pyridine rings is 2. The lowest BCUT2D eigenvalue weighted by atomic mass is 9.97. The molecule has 0 aliphatic rings. The van der Waals surface area contributed by atoms with Crippen molar-refractivity contribution in [3.8, 4) is 22.6 Å². The number of hydrogen-bond acceptors (Lipinski definition) is 0. The molecular weight excluding hydrogens is 304 g/mol. The molecular formula is C23H22N2+2. The lowest BCUT2D eigenvalue weighted by molar-refractivity contribution is -0.685. The Morgan fingerprint density at radius 3 is 2.20 bits per heavy atom. The zero-order valence-corrected chi connectivity index (χ0v) is 14.9. The van der Waals surface area contributed by atoms with Gasteiger partial charge in [0, 0.05) is 29.8 Å². The Bertz CT molecular complexity index is 1080. The molecule has 0 aliphatic heterocycles. The third-order valence-electron chi connectivity index (χ3n) is 5.02. The van der Waals surface area contributed by atoms with E-state index >= 15 is 0 Å². The number of benzene rings is 2. The Hall–Kier alpha value is -3.00. The molecule has 0 unspecified atom stereocenters. The van der Waals surface area contributed by atoms with E-state index in [1.54, 1.807) is 0 Å². The number of fused-ring (bicyclic) bond motifs is 1. The van der Waals surface area contributed by atoms with Gasteiger partial charge in [0.15, 0.2) is 6.20 Å².